The van der Waals surface area contributed by atoms with Crippen LogP contribution in [0.1, 0.15) is 53.0 Å². The number of carbonyl (C=O) groups is 3. The summed E-state index contributed by atoms with van der Waals surface area (Å²) in [6.45, 7) is 6.34. The molecule has 1 aliphatic rings. The van der Waals surface area contributed by atoms with Crippen LogP contribution in [0.2, 0.25) is 0 Å². The van der Waals surface area contributed by atoms with Gasteiger partial charge in [0.15, 0.2) is 0 Å². The summed E-state index contributed by atoms with van der Waals surface area (Å²) in [4.78, 5) is 40.3. The zero-order valence-corrected chi connectivity index (χ0v) is 16.9. The van der Waals surface area contributed by atoms with Crippen LogP contribution in [0.5, 0.6) is 0 Å². The lowest BCUT2D eigenvalue weighted by atomic mass is 10.1. The van der Waals surface area contributed by atoms with Crippen LogP contribution in [-0.2, 0) is 16.1 Å². The SMILES string of the molecule is CCN(CC)c1ccccc1COC(=O)CCCN1C(=O)c2ccccc2C1=O. The van der Waals surface area contributed by atoms with Gasteiger partial charge in [-0.3, -0.25) is 19.3 Å². The standard InChI is InChI=1S/C23H26N2O4/c1-3-24(4-2)20-13-8-5-10-17(20)16-29-21(26)14-9-15-25-22(27)18-11-6-7-12-19(18)23(25)28/h5-8,10-13H,3-4,9,14-16H2,1-2H3. The largest absolute Gasteiger partial charge is 0.461 e. The van der Waals surface area contributed by atoms with Crippen molar-refractivity contribution in [1.29, 1.82) is 0 Å². The van der Waals surface area contributed by atoms with Gasteiger partial charge in [-0.15, -0.1) is 0 Å². The van der Waals surface area contributed by atoms with Gasteiger partial charge < -0.3 is 9.64 Å². The van der Waals surface area contributed by atoms with Crippen LogP contribution in [0.25, 0.3) is 0 Å². The number of imide groups is 1. The molecule has 0 saturated carbocycles. The third kappa shape index (κ3) is 4.47. The Morgan fingerprint density at radius 3 is 2.14 bits per heavy atom. The van der Waals surface area contributed by atoms with E-state index in [0.717, 1.165) is 24.3 Å². The Labute approximate surface area is 171 Å². The summed E-state index contributed by atoms with van der Waals surface area (Å²) >= 11 is 0. The van der Waals surface area contributed by atoms with E-state index in [0.29, 0.717) is 17.5 Å². The number of fused-ring (bicyclic) bond motifs is 1. The van der Waals surface area contributed by atoms with E-state index in [1.165, 1.54) is 4.90 Å². The van der Waals surface area contributed by atoms with E-state index in [1.54, 1.807) is 24.3 Å². The average molecular weight is 394 g/mol. The number of hydrogen-bond acceptors (Lipinski definition) is 5. The molecule has 2 amide bonds. The fourth-order valence-corrected chi connectivity index (χ4v) is 3.56. The van der Waals surface area contributed by atoms with Gasteiger partial charge in [0.1, 0.15) is 6.61 Å². The smallest absolute Gasteiger partial charge is 0.306 e. The summed E-state index contributed by atoms with van der Waals surface area (Å²) in [6.07, 6.45) is 0.531. The lowest BCUT2D eigenvalue weighted by Crippen LogP contribution is -2.31. The maximum absolute atomic E-state index is 12.3. The number of ether oxygens (including phenoxy) is 1. The van der Waals surface area contributed by atoms with E-state index in [2.05, 4.69) is 18.7 Å². The van der Waals surface area contributed by atoms with Crippen molar-refractivity contribution in [2.75, 3.05) is 24.5 Å². The summed E-state index contributed by atoms with van der Waals surface area (Å²) < 4.78 is 5.43. The maximum Gasteiger partial charge on any atom is 0.306 e. The predicted molar refractivity (Wildman–Crippen MR) is 111 cm³/mol. The number of hydrogen-bond donors (Lipinski definition) is 0. The molecule has 1 heterocycles. The molecular formula is C23H26N2O4. The van der Waals surface area contributed by atoms with Crippen molar-refractivity contribution in [3.05, 3.63) is 65.2 Å². The Hall–Kier alpha value is -3.15. The van der Waals surface area contributed by atoms with Crippen LogP contribution >= 0.6 is 0 Å². The van der Waals surface area contributed by atoms with Crippen LogP contribution in [-0.4, -0.2) is 42.3 Å². The van der Waals surface area contributed by atoms with Crippen LogP contribution in [0.15, 0.2) is 48.5 Å². The molecule has 3 rings (SSSR count). The van der Waals surface area contributed by atoms with Gasteiger partial charge in [0.2, 0.25) is 0 Å². The Morgan fingerprint density at radius 1 is 0.931 bits per heavy atom. The van der Waals surface area contributed by atoms with Crippen molar-refractivity contribution < 1.29 is 19.1 Å². The second-order valence-electron chi connectivity index (χ2n) is 6.87. The van der Waals surface area contributed by atoms with Gasteiger partial charge in [0.25, 0.3) is 11.8 Å². The fourth-order valence-electron chi connectivity index (χ4n) is 3.56. The highest BCUT2D eigenvalue weighted by Crippen LogP contribution is 2.23. The van der Waals surface area contributed by atoms with Gasteiger partial charge in [-0.25, -0.2) is 0 Å². The molecule has 0 bridgehead atoms. The second-order valence-corrected chi connectivity index (χ2v) is 6.87. The van der Waals surface area contributed by atoms with E-state index in [9.17, 15) is 14.4 Å². The third-order valence-corrected chi connectivity index (χ3v) is 5.13. The van der Waals surface area contributed by atoms with Crippen molar-refractivity contribution in [2.45, 2.75) is 33.3 Å². The van der Waals surface area contributed by atoms with E-state index in [-0.39, 0.29) is 37.4 Å². The molecule has 6 nitrogen and oxygen atoms in total. The Morgan fingerprint density at radius 2 is 1.52 bits per heavy atom. The number of nitrogens with zero attached hydrogens (tertiary/aromatic N) is 2. The molecule has 0 saturated heterocycles. The van der Waals surface area contributed by atoms with E-state index >= 15 is 0 Å². The molecule has 6 heteroatoms. The van der Waals surface area contributed by atoms with E-state index in [4.69, 9.17) is 4.74 Å². The summed E-state index contributed by atoms with van der Waals surface area (Å²) in [5, 5.41) is 0. The minimum atomic E-state index is -0.337. The monoisotopic (exact) mass is 394 g/mol. The minimum Gasteiger partial charge on any atom is -0.461 e. The normalized spacial score (nSPS) is 12.8. The zero-order valence-electron chi connectivity index (χ0n) is 16.9. The Kier molecular flexibility index (Phi) is 6.65. The average Bonchev–Trinajstić information content (AvgIpc) is 2.99. The van der Waals surface area contributed by atoms with Crippen molar-refractivity contribution in [2.24, 2.45) is 0 Å². The topological polar surface area (TPSA) is 66.9 Å². The Balaban J connectivity index is 1.50. The zero-order chi connectivity index (χ0) is 20.8. The molecule has 0 aliphatic carbocycles. The highest BCUT2D eigenvalue weighted by atomic mass is 16.5. The number of anilines is 1. The van der Waals surface area contributed by atoms with Crippen molar-refractivity contribution in [3.8, 4) is 0 Å². The van der Waals surface area contributed by atoms with Crippen LogP contribution in [0.4, 0.5) is 5.69 Å². The van der Waals surface area contributed by atoms with Gasteiger partial charge in [-0.2, -0.15) is 0 Å². The Bertz CT molecular complexity index is 870. The van der Waals surface area contributed by atoms with Crippen LogP contribution < -0.4 is 4.90 Å². The molecule has 0 unspecified atom stereocenters. The van der Waals surface area contributed by atoms with Crippen LogP contribution in [0.3, 0.4) is 0 Å². The summed E-state index contributed by atoms with van der Waals surface area (Å²) in [7, 11) is 0. The van der Waals surface area contributed by atoms with Gasteiger partial charge in [-0.1, -0.05) is 30.3 Å². The molecule has 0 fully saturated rings. The summed E-state index contributed by atoms with van der Waals surface area (Å²) in [5.41, 5.74) is 2.88. The summed E-state index contributed by atoms with van der Waals surface area (Å²) in [6, 6.07) is 14.7. The van der Waals surface area contributed by atoms with Crippen molar-refractivity contribution in [3.63, 3.8) is 0 Å². The summed E-state index contributed by atoms with van der Waals surface area (Å²) in [5.74, 6) is -0.935. The van der Waals surface area contributed by atoms with Crippen molar-refractivity contribution in [1.82, 2.24) is 4.90 Å². The number of para-hydroxylation sites is 1. The molecule has 29 heavy (non-hydrogen) atoms. The first kappa shape index (κ1) is 20.6. The molecule has 2 aromatic carbocycles. The molecule has 0 N–H and O–H groups in total. The number of rotatable bonds is 9. The molecule has 2 aromatic rings. The van der Waals surface area contributed by atoms with E-state index < -0.39 is 0 Å². The number of esters is 1. The minimum absolute atomic E-state index is 0.154. The predicted octanol–water partition coefficient (Wildman–Crippen LogP) is 3.65. The first-order valence-corrected chi connectivity index (χ1v) is 10.0. The molecule has 1 aliphatic heterocycles. The number of carbonyl (C=O) groups excluding carboxylic acids is 3. The van der Waals surface area contributed by atoms with E-state index in [1.807, 2.05) is 24.3 Å². The number of amides is 2. The third-order valence-electron chi connectivity index (χ3n) is 5.13. The van der Waals surface area contributed by atoms with Gasteiger partial charge in [-0.05, 0) is 38.5 Å². The van der Waals surface area contributed by atoms with Crippen LogP contribution in [0, 0.1) is 0 Å². The first-order valence-electron chi connectivity index (χ1n) is 10.0. The highest BCUT2D eigenvalue weighted by Gasteiger charge is 2.34. The molecule has 152 valence electrons. The molecular weight excluding hydrogens is 368 g/mol. The second kappa shape index (κ2) is 9.37. The molecule has 0 aromatic heterocycles. The number of benzene rings is 2. The van der Waals surface area contributed by atoms with Crippen molar-refractivity contribution >= 4 is 23.5 Å². The lowest BCUT2D eigenvalue weighted by molar-refractivity contribution is -0.145. The lowest BCUT2D eigenvalue weighted by Gasteiger charge is -2.24. The fraction of sp³-hybridized carbons (Fsp3) is 0.348. The van der Waals surface area contributed by atoms with Gasteiger partial charge in [0.05, 0.1) is 11.1 Å². The van der Waals surface area contributed by atoms with Gasteiger partial charge in [0, 0.05) is 37.3 Å². The quantitative estimate of drug-likeness (QED) is 0.480. The molecule has 0 spiro atoms. The molecule has 0 radical (unpaired) electrons. The highest BCUT2D eigenvalue weighted by molar-refractivity contribution is 6.21. The molecule has 0 atom stereocenters. The van der Waals surface area contributed by atoms with Gasteiger partial charge >= 0.3 is 5.97 Å². The first-order chi connectivity index (χ1) is 14.1. The maximum atomic E-state index is 12.3.